The minimum Gasteiger partial charge on any atom is -0.399 e. The van der Waals surface area contributed by atoms with Gasteiger partial charge in [-0.15, -0.1) is 11.8 Å². The Balaban J connectivity index is 1.93. The summed E-state index contributed by atoms with van der Waals surface area (Å²) in [5, 5.41) is 3.78. The van der Waals surface area contributed by atoms with Crippen LogP contribution < -0.4 is 11.1 Å². The van der Waals surface area contributed by atoms with Gasteiger partial charge in [0.2, 0.25) is 5.91 Å². The molecule has 1 aliphatic heterocycles. The lowest BCUT2D eigenvalue weighted by Gasteiger charge is -2.24. The van der Waals surface area contributed by atoms with Crippen molar-refractivity contribution >= 4 is 52.2 Å². The zero-order valence-electron chi connectivity index (χ0n) is 9.41. The van der Waals surface area contributed by atoms with Gasteiger partial charge in [0.05, 0.1) is 39.9 Å². The molecule has 4 nitrogen and oxygen atoms in total. The molecular weight excluding hydrogens is 295 g/mol. The summed E-state index contributed by atoms with van der Waals surface area (Å²) >= 11 is 13.5. The third-order valence-corrected chi connectivity index (χ3v) is 4.16. The van der Waals surface area contributed by atoms with Crippen LogP contribution in [-0.4, -0.2) is 30.1 Å². The van der Waals surface area contributed by atoms with Gasteiger partial charge in [-0.2, -0.15) is 0 Å². The third-order valence-electron chi connectivity index (χ3n) is 2.39. The number of benzene rings is 1. The summed E-state index contributed by atoms with van der Waals surface area (Å²) in [7, 11) is 0. The number of ether oxygens (including phenoxy) is 1. The second-order valence-corrected chi connectivity index (χ2v) is 5.98. The van der Waals surface area contributed by atoms with Crippen molar-refractivity contribution < 1.29 is 9.53 Å². The van der Waals surface area contributed by atoms with Crippen LogP contribution in [0.1, 0.15) is 0 Å². The monoisotopic (exact) mass is 306 g/mol. The summed E-state index contributed by atoms with van der Waals surface area (Å²) in [4.78, 5) is 11.7. The van der Waals surface area contributed by atoms with Crippen LogP contribution in [-0.2, 0) is 9.53 Å². The zero-order valence-corrected chi connectivity index (χ0v) is 11.7. The largest absolute Gasteiger partial charge is 0.399 e. The number of hydrogen-bond donors (Lipinski definition) is 2. The van der Waals surface area contributed by atoms with Crippen molar-refractivity contribution in [2.75, 3.05) is 30.0 Å². The van der Waals surface area contributed by atoms with Crippen LogP contribution in [0.5, 0.6) is 0 Å². The predicted octanol–water partition coefficient (Wildman–Crippen LogP) is 2.65. The molecule has 0 aromatic heterocycles. The van der Waals surface area contributed by atoms with Crippen LogP contribution in [0.25, 0.3) is 0 Å². The molecule has 2 rings (SSSR count). The fraction of sp³-hybridized carbons (Fsp3) is 0.364. The molecule has 18 heavy (non-hydrogen) atoms. The van der Waals surface area contributed by atoms with Gasteiger partial charge in [0.1, 0.15) is 0 Å². The fourth-order valence-electron chi connectivity index (χ4n) is 1.39. The fourth-order valence-corrected chi connectivity index (χ4v) is 2.83. The van der Waals surface area contributed by atoms with Gasteiger partial charge in [0.25, 0.3) is 0 Å². The van der Waals surface area contributed by atoms with Gasteiger partial charge in [-0.1, -0.05) is 23.2 Å². The molecule has 7 heteroatoms. The van der Waals surface area contributed by atoms with Gasteiger partial charge in [0, 0.05) is 5.69 Å². The van der Waals surface area contributed by atoms with Crippen molar-refractivity contribution in [1.82, 2.24) is 0 Å². The standard InChI is InChI=1S/C11H12Cl2N2O2S/c12-8-1-6(14)2-9(13)11(8)15-10(16)5-18-7-3-17-4-7/h1-2,7H,3-5,14H2,(H,15,16). The third kappa shape index (κ3) is 3.45. The Morgan fingerprint density at radius 3 is 2.56 bits per heavy atom. The molecule has 1 aliphatic rings. The quantitative estimate of drug-likeness (QED) is 0.839. The number of carbonyl (C=O) groups excluding carboxylic acids is 1. The zero-order chi connectivity index (χ0) is 13.1. The number of nitrogen functional groups attached to an aromatic ring is 1. The van der Waals surface area contributed by atoms with Crippen LogP contribution in [0, 0.1) is 0 Å². The normalized spacial score (nSPS) is 15.2. The molecule has 1 aromatic carbocycles. The molecule has 0 bridgehead atoms. The molecule has 1 heterocycles. The Morgan fingerprint density at radius 1 is 1.44 bits per heavy atom. The molecule has 3 N–H and O–H groups in total. The first-order valence-electron chi connectivity index (χ1n) is 5.30. The topological polar surface area (TPSA) is 64.3 Å². The van der Waals surface area contributed by atoms with Gasteiger partial charge >= 0.3 is 0 Å². The second kappa shape index (κ2) is 6.02. The summed E-state index contributed by atoms with van der Waals surface area (Å²) in [6.07, 6.45) is 0. The number of carbonyl (C=O) groups is 1. The maximum Gasteiger partial charge on any atom is 0.234 e. The van der Waals surface area contributed by atoms with Crippen molar-refractivity contribution in [1.29, 1.82) is 0 Å². The first-order chi connectivity index (χ1) is 8.56. The molecule has 98 valence electrons. The summed E-state index contributed by atoms with van der Waals surface area (Å²) in [5.41, 5.74) is 6.45. The van der Waals surface area contributed by atoms with E-state index in [-0.39, 0.29) is 5.91 Å². The minimum absolute atomic E-state index is 0.138. The van der Waals surface area contributed by atoms with E-state index in [1.165, 1.54) is 0 Å². The Bertz CT molecular complexity index is 443. The molecule has 1 aromatic rings. The number of halogens is 2. The molecule has 1 saturated heterocycles. The number of nitrogens with two attached hydrogens (primary N) is 1. The van der Waals surface area contributed by atoms with Crippen LogP contribution in [0.15, 0.2) is 12.1 Å². The first-order valence-corrected chi connectivity index (χ1v) is 7.10. The molecule has 1 fully saturated rings. The van der Waals surface area contributed by atoms with Gasteiger partial charge < -0.3 is 15.8 Å². The number of rotatable bonds is 4. The lowest BCUT2D eigenvalue weighted by Crippen LogP contribution is -2.32. The van der Waals surface area contributed by atoms with Crippen molar-refractivity contribution in [2.45, 2.75) is 5.25 Å². The van der Waals surface area contributed by atoms with E-state index in [0.29, 0.717) is 45.6 Å². The highest BCUT2D eigenvalue weighted by atomic mass is 35.5. The second-order valence-electron chi connectivity index (χ2n) is 3.88. The van der Waals surface area contributed by atoms with Crippen molar-refractivity contribution in [3.05, 3.63) is 22.2 Å². The summed E-state index contributed by atoms with van der Waals surface area (Å²) < 4.78 is 5.03. The molecule has 1 amide bonds. The summed E-state index contributed by atoms with van der Waals surface area (Å²) in [6.45, 7) is 1.42. The lowest BCUT2D eigenvalue weighted by molar-refractivity contribution is -0.113. The average molecular weight is 307 g/mol. The number of nitrogens with one attached hydrogen (secondary N) is 1. The Hall–Kier alpha value is -0.620. The molecule has 0 aliphatic carbocycles. The van der Waals surface area contributed by atoms with Gasteiger partial charge in [-0.3, -0.25) is 4.79 Å². The van der Waals surface area contributed by atoms with Gasteiger partial charge in [-0.05, 0) is 12.1 Å². The number of anilines is 2. The molecular formula is C11H12Cl2N2O2S. The molecule has 0 saturated carbocycles. The first kappa shape index (κ1) is 13.8. The van der Waals surface area contributed by atoms with Crippen LogP contribution in [0.2, 0.25) is 10.0 Å². The van der Waals surface area contributed by atoms with Gasteiger partial charge in [-0.25, -0.2) is 0 Å². The summed E-state index contributed by atoms with van der Waals surface area (Å²) in [6, 6.07) is 3.10. The average Bonchev–Trinajstić information content (AvgIpc) is 2.21. The van der Waals surface area contributed by atoms with E-state index in [1.54, 1.807) is 23.9 Å². The van der Waals surface area contributed by atoms with E-state index in [1.807, 2.05) is 0 Å². The van der Waals surface area contributed by atoms with Gasteiger partial charge in [0.15, 0.2) is 0 Å². The smallest absolute Gasteiger partial charge is 0.234 e. The van der Waals surface area contributed by atoms with E-state index >= 15 is 0 Å². The van der Waals surface area contributed by atoms with E-state index in [9.17, 15) is 4.79 Å². The highest BCUT2D eigenvalue weighted by molar-refractivity contribution is 8.00. The Morgan fingerprint density at radius 2 is 2.06 bits per heavy atom. The van der Waals surface area contributed by atoms with E-state index in [0.717, 1.165) is 0 Å². The summed E-state index contributed by atoms with van der Waals surface area (Å²) in [5.74, 6) is 0.214. The van der Waals surface area contributed by atoms with Crippen molar-refractivity contribution in [3.8, 4) is 0 Å². The van der Waals surface area contributed by atoms with Crippen LogP contribution in [0.3, 0.4) is 0 Å². The molecule has 0 atom stereocenters. The predicted molar refractivity (Wildman–Crippen MR) is 76.6 cm³/mol. The Kier molecular flexibility index (Phi) is 4.61. The number of amides is 1. The highest BCUT2D eigenvalue weighted by Gasteiger charge is 2.20. The van der Waals surface area contributed by atoms with E-state index in [2.05, 4.69) is 5.32 Å². The van der Waals surface area contributed by atoms with Crippen molar-refractivity contribution in [3.63, 3.8) is 0 Å². The minimum atomic E-state index is -0.138. The molecule has 0 unspecified atom stereocenters. The lowest BCUT2D eigenvalue weighted by atomic mass is 10.3. The SMILES string of the molecule is Nc1cc(Cl)c(NC(=O)CSC2COC2)c(Cl)c1. The number of thioether (sulfide) groups is 1. The number of hydrogen-bond acceptors (Lipinski definition) is 4. The van der Waals surface area contributed by atoms with E-state index in [4.69, 9.17) is 33.7 Å². The molecule has 0 spiro atoms. The maximum atomic E-state index is 11.7. The molecule has 0 radical (unpaired) electrons. The Labute approximate surface area is 119 Å². The van der Waals surface area contributed by atoms with Crippen LogP contribution in [0.4, 0.5) is 11.4 Å². The van der Waals surface area contributed by atoms with Crippen LogP contribution >= 0.6 is 35.0 Å². The maximum absolute atomic E-state index is 11.7. The van der Waals surface area contributed by atoms with E-state index < -0.39 is 0 Å². The van der Waals surface area contributed by atoms with Crippen molar-refractivity contribution in [2.24, 2.45) is 0 Å². The highest BCUT2D eigenvalue weighted by Crippen LogP contribution is 2.33.